The van der Waals surface area contributed by atoms with Crippen molar-refractivity contribution in [2.75, 3.05) is 13.2 Å². The number of benzene rings is 3. The van der Waals surface area contributed by atoms with E-state index < -0.39 is 5.82 Å². The van der Waals surface area contributed by atoms with E-state index in [1.54, 1.807) is 0 Å². The molecule has 0 aliphatic rings. The third-order valence-electron chi connectivity index (χ3n) is 4.86. The van der Waals surface area contributed by atoms with E-state index in [2.05, 4.69) is 43.0 Å². The predicted octanol–water partition coefficient (Wildman–Crippen LogP) is 7.15. The molecule has 0 N–H and O–H groups in total. The third kappa shape index (κ3) is 4.62. The highest BCUT2D eigenvalue weighted by atomic mass is 79.9. The Hall–Kier alpha value is -2.38. The second-order valence-electron chi connectivity index (χ2n) is 7.08. The molecular weight excluding hydrogens is 527 g/mol. The predicted molar refractivity (Wildman–Crippen MR) is 128 cm³/mol. The van der Waals surface area contributed by atoms with Gasteiger partial charge in [-0.15, -0.1) is 0 Å². The summed E-state index contributed by atoms with van der Waals surface area (Å²) in [5.74, 6) is 0.397. The average molecular weight is 548 g/mol. The van der Waals surface area contributed by atoms with Gasteiger partial charge in [0.25, 0.3) is 0 Å². The van der Waals surface area contributed by atoms with Crippen LogP contribution in [0.1, 0.15) is 12.5 Å². The van der Waals surface area contributed by atoms with Crippen LogP contribution in [0.15, 0.2) is 63.5 Å². The van der Waals surface area contributed by atoms with E-state index in [9.17, 15) is 0 Å². The van der Waals surface area contributed by atoms with Crippen molar-refractivity contribution in [1.82, 2.24) is 9.78 Å². The molecule has 0 fully saturated rings. The molecule has 160 valence electrons. The number of hydrogen-bond acceptors (Lipinski definition) is 3. The molecule has 0 aliphatic carbocycles. The summed E-state index contributed by atoms with van der Waals surface area (Å²) < 4.78 is 30.0. The van der Waals surface area contributed by atoms with Gasteiger partial charge in [-0.3, -0.25) is 0 Å². The minimum atomic E-state index is -0.454. The standard InChI is InChI=1S/C24H21Br2FN2O2/c1-3-30-24-22(27)23(17-6-4-5-15(2)13-17)28-29(24)11-12-31-20-10-7-16-14-18(25)8-9-19(16)21(20)26/h4-10,13-14H,3,11-12H2,1-2H3. The second-order valence-corrected chi connectivity index (χ2v) is 8.79. The van der Waals surface area contributed by atoms with Crippen molar-refractivity contribution in [2.24, 2.45) is 0 Å². The van der Waals surface area contributed by atoms with Gasteiger partial charge in [-0.05, 0) is 64.8 Å². The molecule has 0 aliphatic heterocycles. The van der Waals surface area contributed by atoms with Gasteiger partial charge in [0.15, 0.2) is 0 Å². The topological polar surface area (TPSA) is 36.3 Å². The summed E-state index contributed by atoms with van der Waals surface area (Å²) in [4.78, 5) is 0. The lowest BCUT2D eigenvalue weighted by Gasteiger charge is -2.12. The van der Waals surface area contributed by atoms with Crippen molar-refractivity contribution in [3.05, 3.63) is 74.9 Å². The Labute approximate surface area is 197 Å². The first-order valence-electron chi connectivity index (χ1n) is 9.94. The molecule has 0 radical (unpaired) electrons. The minimum Gasteiger partial charge on any atom is -0.490 e. The van der Waals surface area contributed by atoms with E-state index in [-0.39, 0.29) is 11.6 Å². The number of hydrogen-bond donors (Lipinski definition) is 0. The van der Waals surface area contributed by atoms with Crippen LogP contribution in [0.5, 0.6) is 11.6 Å². The fourth-order valence-corrected chi connectivity index (χ4v) is 4.41. The molecule has 4 rings (SSSR count). The quantitative estimate of drug-likeness (QED) is 0.246. The van der Waals surface area contributed by atoms with Gasteiger partial charge < -0.3 is 9.47 Å². The van der Waals surface area contributed by atoms with Crippen molar-refractivity contribution >= 4 is 42.6 Å². The van der Waals surface area contributed by atoms with Crippen molar-refractivity contribution in [2.45, 2.75) is 20.4 Å². The first kappa shape index (κ1) is 21.8. The van der Waals surface area contributed by atoms with E-state index in [0.29, 0.717) is 19.8 Å². The van der Waals surface area contributed by atoms with Gasteiger partial charge in [-0.2, -0.15) is 9.49 Å². The number of aromatic nitrogens is 2. The summed E-state index contributed by atoms with van der Waals surface area (Å²) in [7, 11) is 0. The Morgan fingerprint density at radius 1 is 1.03 bits per heavy atom. The summed E-state index contributed by atoms with van der Waals surface area (Å²) in [5, 5.41) is 6.63. The van der Waals surface area contributed by atoms with Crippen LogP contribution >= 0.6 is 31.9 Å². The highest BCUT2D eigenvalue weighted by Gasteiger charge is 2.21. The molecule has 0 atom stereocenters. The molecule has 0 amide bonds. The highest BCUT2D eigenvalue weighted by molar-refractivity contribution is 9.11. The van der Waals surface area contributed by atoms with Crippen LogP contribution in [0, 0.1) is 12.7 Å². The highest BCUT2D eigenvalue weighted by Crippen LogP contribution is 2.35. The van der Waals surface area contributed by atoms with Crippen LogP contribution in [0.3, 0.4) is 0 Å². The molecule has 0 saturated heterocycles. The van der Waals surface area contributed by atoms with Crippen LogP contribution in [0.4, 0.5) is 4.39 Å². The van der Waals surface area contributed by atoms with E-state index in [0.717, 1.165) is 36.6 Å². The van der Waals surface area contributed by atoms with Crippen LogP contribution in [0.25, 0.3) is 22.0 Å². The first-order chi connectivity index (χ1) is 15.0. The summed E-state index contributed by atoms with van der Waals surface area (Å²) >= 11 is 7.13. The molecule has 0 bridgehead atoms. The maximum absolute atomic E-state index is 15.1. The smallest absolute Gasteiger partial charge is 0.249 e. The molecular formula is C24H21Br2FN2O2. The zero-order valence-electron chi connectivity index (χ0n) is 17.2. The van der Waals surface area contributed by atoms with E-state index in [1.807, 2.05) is 62.4 Å². The normalized spacial score (nSPS) is 11.1. The summed E-state index contributed by atoms with van der Waals surface area (Å²) in [6, 6.07) is 17.6. The van der Waals surface area contributed by atoms with Crippen LogP contribution < -0.4 is 9.47 Å². The number of nitrogens with zero attached hydrogens (tertiary/aromatic N) is 2. The fourth-order valence-electron chi connectivity index (χ4n) is 3.42. The number of ether oxygens (including phenoxy) is 2. The zero-order chi connectivity index (χ0) is 22.0. The molecule has 7 heteroatoms. The van der Waals surface area contributed by atoms with Gasteiger partial charge in [-0.1, -0.05) is 51.8 Å². The van der Waals surface area contributed by atoms with E-state index in [4.69, 9.17) is 9.47 Å². The van der Waals surface area contributed by atoms with Crippen LogP contribution in [-0.4, -0.2) is 23.0 Å². The maximum atomic E-state index is 15.1. The van der Waals surface area contributed by atoms with Gasteiger partial charge in [0.1, 0.15) is 18.1 Å². The molecule has 4 nitrogen and oxygen atoms in total. The zero-order valence-corrected chi connectivity index (χ0v) is 20.3. The molecule has 4 aromatic rings. The van der Waals surface area contributed by atoms with Crippen molar-refractivity contribution < 1.29 is 13.9 Å². The SMILES string of the molecule is CCOc1c(F)c(-c2cccc(C)c2)nn1CCOc1ccc2cc(Br)ccc2c1Br. The molecule has 1 aromatic heterocycles. The molecule has 3 aromatic carbocycles. The van der Waals surface area contributed by atoms with Crippen molar-refractivity contribution in [3.8, 4) is 22.9 Å². The maximum Gasteiger partial charge on any atom is 0.249 e. The van der Waals surface area contributed by atoms with Crippen LogP contribution in [0.2, 0.25) is 0 Å². The molecule has 1 heterocycles. The summed E-state index contributed by atoms with van der Waals surface area (Å²) in [6.07, 6.45) is 0. The lowest BCUT2D eigenvalue weighted by atomic mass is 10.1. The third-order valence-corrected chi connectivity index (χ3v) is 6.18. The van der Waals surface area contributed by atoms with Gasteiger partial charge in [0, 0.05) is 10.0 Å². The molecule has 0 spiro atoms. The average Bonchev–Trinajstić information content (AvgIpc) is 3.05. The second kappa shape index (κ2) is 9.40. The Morgan fingerprint density at radius 2 is 1.87 bits per heavy atom. The number of rotatable bonds is 7. The largest absolute Gasteiger partial charge is 0.490 e. The van der Waals surface area contributed by atoms with Crippen molar-refractivity contribution in [1.29, 1.82) is 0 Å². The number of aryl methyl sites for hydroxylation is 1. The molecule has 0 saturated carbocycles. The Balaban J connectivity index is 1.56. The lowest BCUT2D eigenvalue weighted by Crippen LogP contribution is -2.12. The number of halogens is 3. The van der Waals surface area contributed by atoms with Crippen molar-refractivity contribution in [3.63, 3.8) is 0 Å². The van der Waals surface area contributed by atoms with Gasteiger partial charge in [0.05, 0.1) is 17.6 Å². The molecule has 31 heavy (non-hydrogen) atoms. The fraction of sp³-hybridized carbons (Fsp3) is 0.208. The molecule has 0 unspecified atom stereocenters. The monoisotopic (exact) mass is 546 g/mol. The number of fused-ring (bicyclic) bond motifs is 1. The van der Waals surface area contributed by atoms with Gasteiger partial charge >= 0.3 is 0 Å². The van der Waals surface area contributed by atoms with E-state index >= 15 is 4.39 Å². The van der Waals surface area contributed by atoms with E-state index in [1.165, 1.54) is 4.68 Å². The van der Waals surface area contributed by atoms with Gasteiger partial charge in [0.2, 0.25) is 11.7 Å². The summed E-state index contributed by atoms with van der Waals surface area (Å²) in [5.41, 5.74) is 2.05. The minimum absolute atomic E-state index is 0.130. The lowest BCUT2D eigenvalue weighted by molar-refractivity contribution is 0.252. The Bertz CT molecular complexity index is 1240. The summed E-state index contributed by atoms with van der Waals surface area (Å²) in [6.45, 7) is 4.81. The Kier molecular flexibility index (Phi) is 6.62. The van der Waals surface area contributed by atoms with Gasteiger partial charge in [-0.25, -0.2) is 4.68 Å². The Morgan fingerprint density at radius 3 is 2.65 bits per heavy atom. The first-order valence-corrected chi connectivity index (χ1v) is 11.5. The van der Waals surface area contributed by atoms with Crippen LogP contribution in [-0.2, 0) is 6.54 Å².